The maximum atomic E-state index is 4.53. The Hall–Kier alpha value is -1.97. The van der Waals surface area contributed by atoms with E-state index in [0.29, 0.717) is 5.92 Å². The maximum Gasteiger partial charge on any atom is 0.132 e. The lowest BCUT2D eigenvalue weighted by molar-refractivity contribution is 0.735. The van der Waals surface area contributed by atoms with Crippen molar-refractivity contribution in [1.29, 1.82) is 0 Å². The van der Waals surface area contributed by atoms with Gasteiger partial charge in [-0.1, -0.05) is 6.07 Å². The Morgan fingerprint density at radius 2 is 2.11 bits per heavy atom. The summed E-state index contributed by atoms with van der Waals surface area (Å²) in [5.41, 5.74) is 4.77. The fourth-order valence-corrected chi connectivity index (χ4v) is 2.75. The Morgan fingerprint density at radius 1 is 1.22 bits per heavy atom. The van der Waals surface area contributed by atoms with Crippen LogP contribution in [0.25, 0.3) is 0 Å². The lowest BCUT2D eigenvalue weighted by Crippen LogP contribution is -2.07. The first kappa shape index (κ1) is 11.1. The van der Waals surface area contributed by atoms with Crippen LogP contribution in [0.5, 0.6) is 0 Å². The highest BCUT2D eigenvalue weighted by Gasteiger charge is 2.28. The van der Waals surface area contributed by atoms with Crippen LogP contribution in [0, 0.1) is 6.92 Å². The van der Waals surface area contributed by atoms with E-state index in [-0.39, 0.29) is 0 Å². The molecule has 3 rings (SSSR count). The molecule has 1 N–H and O–H groups in total. The van der Waals surface area contributed by atoms with Crippen molar-refractivity contribution in [3.63, 3.8) is 0 Å². The molecule has 18 heavy (non-hydrogen) atoms. The normalized spacial score (nSPS) is 17.6. The molecule has 2 aromatic heterocycles. The summed E-state index contributed by atoms with van der Waals surface area (Å²) in [4.78, 5) is 13.3. The summed E-state index contributed by atoms with van der Waals surface area (Å²) in [6.07, 6.45) is 5.68. The Kier molecular flexibility index (Phi) is 2.70. The van der Waals surface area contributed by atoms with Crippen molar-refractivity contribution in [1.82, 2.24) is 15.0 Å². The second-order valence-corrected chi connectivity index (χ2v) is 4.62. The molecule has 0 fully saturated rings. The largest absolute Gasteiger partial charge is 0.373 e. The van der Waals surface area contributed by atoms with E-state index in [1.165, 1.54) is 11.3 Å². The fraction of sp³-hybridized carbons (Fsp3) is 0.357. The van der Waals surface area contributed by atoms with Gasteiger partial charge in [0.25, 0.3) is 0 Å². The first-order valence-electron chi connectivity index (χ1n) is 6.24. The van der Waals surface area contributed by atoms with Gasteiger partial charge in [-0.3, -0.25) is 4.98 Å². The Labute approximate surface area is 107 Å². The molecule has 1 unspecified atom stereocenters. The molecule has 0 radical (unpaired) electrons. The maximum absolute atomic E-state index is 4.53. The van der Waals surface area contributed by atoms with Crippen LogP contribution in [-0.4, -0.2) is 22.0 Å². The number of nitrogens with zero attached hydrogens (tertiary/aromatic N) is 3. The molecule has 0 saturated heterocycles. The summed E-state index contributed by atoms with van der Waals surface area (Å²) in [6.45, 7) is 2.07. The van der Waals surface area contributed by atoms with Gasteiger partial charge in [-0.2, -0.15) is 0 Å². The molecule has 2 heterocycles. The van der Waals surface area contributed by atoms with Gasteiger partial charge in [-0.15, -0.1) is 0 Å². The third kappa shape index (κ3) is 1.65. The van der Waals surface area contributed by atoms with Crippen molar-refractivity contribution in [2.75, 3.05) is 12.4 Å². The molecule has 0 bridgehead atoms. The zero-order valence-electron chi connectivity index (χ0n) is 10.6. The molecular weight excluding hydrogens is 224 g/mol. The Morgan fingerprint density at radius 3 is 2.94 bits per heavy atom. The minimum atomic E-state index is 0.316. The molecule has 0 spiro atoms. The lowest BCUT2D eigenvalue weighted by Gasteiger charge is -2.14. The van der Waals surface area contributed by atoms with Crippen molar-refractivity contribution in [3.05, 3.63) is 47.2 Å². The van der Waals surface area contributed by atoms with Gasteiger partial charge >= 0.3 is 0 Å². The van der Waals surface area contributed by atoms with Gasteiger partial charge in [0.2, 0.25) is 0 Å². The number of anilines is 1. The van der Waals surface area contributed by atoms with Crippen LogP contribution in [0.4, 0.5) is 5.82 Å². The topological polar surface area (TPSA) is 50.7 Å². The zero-order valence-corrected chi connectivity index (χ0v) is 10.6. The van der Waals surface area contributed by atoms with E-state index in [2.05, 4.69) is 33.3 Å². The predicted octanol–water partition coefficient (Wildman–Crippen LogP) is 2.30. The third-order valence-electron chi connectivity index (χ3n) is 3.65. The van der Waals surface area contributed by atoms with Crippen molar-refractivity contribution >= 4 is 5.82 Å². The van der Waals surface area contributed by atoms with Crippen LogP contribution in [-0.2, 0) is 6.42 Å². The summed E-state index contributed by atoms with van der Waals surface area (Å²) in [6, 6.07) is 4.17. The van der Waals surface area contributed by atoms with Crippen LogP contribution < -0.4 is 5.32 Å². The molecule has 1 aliphatic carbocycles. The first-order valence-corrected chi connectivity index (χ1v) is 6.24. The molecule has 0 amide bonds. The number of fused-ring (bicyclic) bond motifs is 1. The monoisotopic (exact) mass is 240 g/mol. The SMILES string of the molecule is CNc1ncnc(C2CCc3cccnc32)c1C. The predicted molar refractivity (Wildman–Crippen MR) is 70.7 cm³/mol. The van der Waals surface area contributed by atoms with E-state index in [1.807, 2.05) is 19.3 Å². The van der Waals surface area contributed by atoms with Gasteiger partial charge in [0.15, 0.2) is 0 Å². The zero-order chi connectivity index (χ0) is 12.5. The van der Waals surface area contributed by atoms with Gasteiger partial charge in [0.05, 0.1) is 11.4 Å². The van der Waals surface area contributed by atoms with Crippen LogP contribution in [0.15, 0.2) is 24.7 Å². The van der Waals surface area contributed by atoms with E-state index in [1.54, 1.807) is 6.33 Å². The summed E-state index contributed by atoms with van der Waals surface area (Å²) in [5, 5.41) is 3.11. The van der Waals surface area contributed by atoms with E-state index >= 15 is 0 Å². The van der Waals surface area contributed by atoms with Gasteiger partial charge in [-0.25, -0.2) is 9.97 Å². The number of rotatable bonds is 2. The number of aromatic nitrogens is 3. The molecule has 0 aliphatic heterocycles. The average molecular weight is 240 g/mol. The van der Waals surface area contributed by atoms with Crippen LogP contribution >= 0.6 is 0 Å². The molecule has 0 aromatic carbocycles. The molecule has 0 saturated carbocycles. The van der Waals surface area contributed by atoms with Gasteiger partial charge in [-0.05, 0) is 31.4 Å². The van der Waals surface area contributed by atoms with Crippen molar-refractivity contribution in [2.45, 2.75) is 25.7 Å². The number of hydrogen-bond donors (Lipinski definition) is 1. The fourth-order valence-electron chi connectivity index (χ4n) is 2.75. The second kappa shape index (κ2) is 4.37. The van der Waals surface area contributed by atoms with Crippen LogP contribution in [0.1, 0.15) is 34.9 Å². The first-order chi connectivity index (χ1) is 8.81. The minimum Gasteiger partial charge on any atom is -0.373 e. The minimum absolute atomic E-state index is 0.316. The van der Waals surface area contributed by atoms with E-state index in [0.717, 1.165) is 29.9 Å². The number of nitrogens with one attached hydrogen (secondary N) is 1. The number of pyridine rings is 1. The van der Waals surface area contributed by atoms with Crippen LogP contribution in [0.3, 0.4) is 0 Å². The summed E-state index contributed by atoms with van der Waals surface area (Å²) >= 11 is 0. The lowest BCUT2D eigenvalue weighted by atomic mass is 9.98. The average Bonchev–Trinajstić information content (AvgIpc) is 2.83. The molecule has 1 atom stereocenters. The molecule has 1 aliphatic rings. The highest BCUT2D eigenvalue weighted by atomic mass is 15.0. The van der Waals surface area contributed by atoms with E-state index < -0.39 is 0 Å². The van der Waals surface area contributed by atoms with Crippen molar-refractivity contribution in [2.24, 2.45) is 0 Å². The third-order valence-corrected chi connectivity index (χ3v) is 3.65. The second-order valence-electron chi connectivity index (χ2n) is 4.62. The number of hydrogen-bond acceptors (Lipinski definition) is 4. The van der Waals surface area contributed by atoms with Crippen LogP contribution in [0.2, 0.25) is 0 Å². The number of aryl methyl sites for hydroxylation is 1. The summed E-state index contributed by atoms with van der Waals surface area (Å²) < 4.78 is 0. The van der Waals surface area contributed by atoms with Crippen molar-refractivity contribution < 1.29 is 0 Å². The highest BCUT2D eigenvalue weighted by Crippen LogP contribution is 2.37. The highest BCUT2D eigenvalue weighted by molar-refractivity contribution is 5.48. The molecule has 2 aromatic rings. The van der Waals surface area contributed by atoms with Gasteiger partial charge in [0.1, 0.15) is 12.1 Å². The molecular formula is C14H16N4. The smallest absolute Gasteiger partial charge is 0.132 e. The van der Waals surface area contributed by atoms with E-state index in [4.69, 9.17) is 0 Å². The van der Waals surface area contributed by atoms with Crippen molar-refractivity contribution in [3.8, 4) is 0 Å². The van der Waals surface area contributed by atoms with Gasteiger partial charge in [0, 0.05) is 24.7 Å². The molecule has 4 nitrogen and oxygen atoms in total. The molecule has 92 valence electrons. The quantitative estimate of drug-likeness (QED) is 0.875. The summed E-state index contributed by atoms with van der Waals surface area (Å²) in [5.74, 6) is 1.22. The Bertz CT molecular complexity index is 580. The summed E-state index contributed by atoms with van der Waals surface area (Å²) in [7, 11) is 1.89. The molecule has 4 heteroatoms. The Balaban J connectivity index is 2.08. The van der Waals surface area contributed by atoms with Gasteiger partial charge < -0.3 is 5.32 Å². The standard InChI is InChI=1S/C14H16N4/c1-9-12(17-8-18-14(9)15-2)11-6-5-10-4-3-7-16-13(10)11/h3-4,7-8,11H,5-6H2,1-2H3,(H,15,17,18). The van der Waals surface area contributed by atoms with E-state index in [9.17, 15) is 0 Å².